The minimum absolute atomic E-state index is 0.0589. The Bertz CT molecular complexity index is 683. The number of guanidine groups is 1. The molecule has 0 unspecified atom stereocenters. The number of rotatable bonds is 6. The summed E-state index contributed by atoms with van der Waals surface area (Å²) in [6.07, 6.45) is 0. The van der Waals surface area contributed by atoms with Crippen molar-refractivity contribution in [3.8, 4) is 0 Å². The molecule has 0 atom stereocenters. The van der Waals surface area contributed by atoms with E-state index in [0.717, 1.165) is 36.9 Å². The van der Waals surface area contributed by atoms with E-state index in [-0.39, 0.29) is 18.3 Å². The maximum absolute atomic E-state index is 11.8. The van der Waals surface area contributed by atoms with Gasteiger partial charge in [-0.3, -0.25) is 4.99 Å². The van der Waals surface area contributed by atoms with E-state index in [1.54, 1.807) is 13.8 Å². The maximum Gasteiger partial charge on any atom is 0.213 e. The fraction of sp³-hybridized carbons (Fsp3) is 0.562. The van der Waals surface area contributed by atoms with E-state index in [2.05, 4.69) is 14.6 Å². The van der Waals surface area contributed by atoms with Crippen LogP contribution in [-0.4, -0.2) is 63.8 Å². The lowest BCUT2D eigenvalue weighted by Gasteiger charge is -2.36. The fourth-order valence-electron chi connectivity index (χ4n) is 2.64. The highest BCUT2D eigenvalue weighted by molar-refractivity contribution is 7.89. The second-order valence-electron chi connectivity index (χ2n) is 6.28. The maximum atomic E-state index is 11.8. The third-order valence-corrected chi connectivity index (χ3v) is 5.65. The monoisotopic (exact) mass is 387 g/mol. The van der Waals surface area contributed by atoms with Crippen LogP contribution < -0.4 is 15.4 Å². The highest BCUT2D eigenvalue weighted by atomic mass is 35.5. The van der Waals surface area contributed by atoms with Gasteiger partial charge in [-0.25, -0.2) is 13.1 Å². The standard InChI is InChI=1S/C16H26ClN5O2S/c1-13(2)20-25(23,24)12-7-19-16(18)22-10-8-21(9-11-22)15-5-3-14(17)4-6-15/h3-6,13,20H,7-12H2,1-2H3,(H2,18,19). The van der Waals surface area contributed by atoms with Crippen LogP contribution in [0.2, 0.25) is 5.02 Å². The first-order valence-corrected chi connectivity index (χ1v) is 10.4. The normalized spacial score (nSPS) is 16.6. The molecule has 0 saturated carbocycles. The van der Waals surface area contributed by atoms with Crippen molar-refractivity contribution in [3.63, 3.8) is 0 Å². The smallest absolute Gasteiger partial charge is 0.213 e. The van der Waals surface area contributed by atoms with E-state index < -0.39 is 10.0 Å². The molecule has 25 heavy (non-hydrogen) atoms. The van der Waals surface area contributed by atoms with E-state index >= 15 is 0 Å². The van der Waals surface area contributed by atoms with E-state index in [9.17, 15) is 8.42 Å². The topological polar surface area (TPSA) is 91.0 Å². The largest absolute Gasteiger partial charge is 0.370 e. The first-order chi connectivity index (χ1) is 11.8. The molecule has 1 aliphatic rings. The molecule has 1 saturated heterocycles. The summed E-state index contributed by atoms with van der Waals surface area (Å²) in [5, 5.41) is 0.723. The van der Waals surface area contributed by atoms with Crippen molar-refractivity contribution < 1.29 is 8.42 Å². The summed E-state index contributed by atoms with van der Waals surface area (Å²) in [5.74, 6) is 0.340. The van der Waals surface area contributed by atoms with Gasteiger partial charge in [0.15, 0.2) is 5.96 Å². The predicted octanol–water partition coefficient (Wildman–Crippen LogP) is 1.10. The van der Waals surface area contributed by atoms with Gasteiger partial charge < -0.3 is 15.5 Å². The Morgan fingerprint density at radius 3 is 2.40 bits per heavy atom. The molecule has 1 fully saturated rings. The van der Waals surface area contributed by atoms with Gasteiger partial charge in [0.2, 0.25) is 10.0 Å². The fourth-order valence-corrected chi connectivity index (χ4v) is 3.94. The number of nitrogens with two attached hydrogens (primary N) is 1. The summed E-state index contributed by atoms with van der Waals surface area (Å²) in [6, 6.07) is 7.65. The number of anilines is 1. The van der Waals surface area contributed by atoms with Crippen molar-refractivity contribution in [2.24, 2.45) is 10.7 Å². The van der Waals surface area contributed by atoms with E-state index in [4.69, 9.17) is 17.3 Å². The molecular formula is C16H26ClN5O2S. The Kier molecular flexibility index (Phi) is 6.92. The molecule has 0 spiro atoms. The molecule has 1 aromatic rings. The molecule has 0 aliphatic carbocycles. The van der Waals surface area contributed by atoms with Crippen LogP contribution >= 0.6 is 11.6 Å². The SMILES string of the molecule is CC(C)NS(=O)(=O)CCN=C(N)N1CCN(c2ccc(Cl)cc2)CC1. The number of hydrogen-bond donors (Lipinski definition) is 2. The lowest BCUT2D eigenvalue weighted by atomic mass is 10.2. The number of aliphatic imine (C=N–C) groups is 1. The van der Waals surface area contributed by atoms with E-state index in [0.29, 0.717) is 5.96 Å². The third-order valence-electron chi connectivity index (χ3n) is 3.84. The molecule has 1 heterocycles. The molecule has 9 heteroatoms. The zero-order chi connectivity index (χ0) is 18.4. The Morgan fingerprint density at radius 1 is 1.24 bits per heavy atom. The molecule has 0 radical (unpaired) electrons. The van der Waals surface area contributed by atoms with Crippen LogP contribution in [0.25, 0.3) is 0 Å². The Morgan fingerprint density at radius 2 is 1.84 bits per heavy atom. The Hall–Kier alpha value is -1.51. The molecule has 1 aliphatic heterocycles. The molecule has 3 N–H and O–H groups in total. The van der Waals surface area contributed by atoms with E-state index in [1.807, 2.05) is 29.2 Å². The van der Waals surface area contributed by atoms with Crippen LogP contribution in [0.4, 0.5) is 5.69 Å². The molecule has 7 nitrogen and oxygen atoms in total. The zero-order valence-corrected chi connectivity index (χ0v) is 16.2. The molecule has 0 aromatic heterocycles. The van der Waals surface area contributed by atoms with Gasteiger partial charge in [0.05, 0.1) is 12.3 Å². The van der Waals surface area contributed by atoms with Gasteiger partial charge in [-0.05, 0) is 38.1 Å². The Labute approximate surface area is 154 Å². The van der Waals surface area contributed by atoms with Crippen LogP contribution in [0.15, 0.2) is 29.3 Å². The lowest BCUT2D eigenvalue weighted by Crippen LogP contribution is -2.51. The number of nitrogens with zero attached hydrogens (tertiary/aromatic N) is 3. The third kappa shape index (κ3) is 6.37. The summed E-state index contributed by atoms with van der Waals surface area (Å²) in [6.45, 7) is 6.87. The highest BCUT2D eigenvalue weighted by Crippen LogP contribution is 2.19. The van der Waals surface area contributed by atoms with Gasteiger partial charge in [0.25, 0.3) is 0 Å². The van der Waals surface area contributed by atoms with Crippen LogP contribution in [-0.2, 0) is 10.0 Å². The lowest BCUT2D eigenvalue weighted by molar-refractivity contribution is 0.381. The van der Waals surface area contributed by atoms with Gasteiger partial charge in [0.1, 0.15) is 0 Å². The first-order valence-electron chi connectivity index (χ1n) is 8.32. The molecule has 0 amide bonds. The summed E-state index contributed by atoms with van der Waals surface area (Å²) >= 11 is 5.92. The average Bonchev–Trinajstić information content (AvgIpc) is 2.54. The molecule has 2 rings (SSSR count). The van der Waals surface area contributed by atoms with Crippen molar-refractivity contribution >= 4 is 33.3 Å². The Balaban J connectivity index is 1.82. The van der Waals surface area contributed by atoms with Gasteiger partial charge in [0, 0.05) is 42.9 Å². The van der Waals surface area contributed by atoms with Crippen molar-refractivity contribution in [1.29, 1.82) is 0 Å². The van der Waals surface area contributed by atoms with Gasteiger partial charge >= 0.3 is 0 Å². The number of hydrogen-bond acceptors (Lipinski definition) is 4. The van der Waals surface area contributed by atoms with Crippen LogP contribution in [0.5, 0.6) is 0 Å². The molecule has 1 aromatic carbocycles. The van der Waals surface area contributed by atoms with Crippen molar-refractivity contribution in [2.45, 2.75) is 19.9 Å². The summed E-state index contributed by atoms with van der Waals surface area (Å²) in [5.41, 5.74) is 7.14. The predicted molar refractivity (Wildman–Crippen MR) is 104 cm³/mol. The van der Waals surface area contributed by atoms with Crippen LogP contribution in [0.3, 0.4) is 0 Å². The van der Waals surface area contributed by atoms with Crippen LogP contribution in [0, 0.1) is 0 Å². The van der Waals surface area contributed by atoms with Gasteiger partial charge in [-0.15, -0.1) is 0 Å². The van der Waals surface area contributed by atoms with Gasteiger partial charge in [-0.1, -0.05) is 11.6 Å². The average molecular weight is 388 g/mol. The number of sulfonamides is 1. The summed E-state index contributed by atoms with van der Waals surface area (Å²) < 4.78 is 26.1. The first kappa shape index (κ1) is 19.8. The zero-order valence-electron chi connectivity index (χ0n) is 14.7. The van der Waals surface area contributed by atoms with Crippen LogP contribution in [0.1, 0.15) is 13.8 Å². The van der Waals surface area contributed by atoms with Crippen molar-refractivity contribution in [1.82, 2.24) is 9.62 Å². The highest BCUT2D eigenvalue weighted by Gasteiger charge is 2.19. The number of benzene rings is 1. The number of piperazine rings is 1. The van der Waals surface area contributed by atoms with Gasteiger partial charge in [-0.2, -0.15) is 0 Å². The number of halogens is 1. The van der Waals surface area contributed by atoms with E-state index in [1.165, 1.54) is 0 Å². The minimum atomic E-state index is -3.31. The van der Waals surface area contributed by atoms with Crippen molar-refractivity contribution in [3.05, 3.63) is 29.3 Å². The molecule has 140 valence electrons. The second-order valence-corrected chi connectivity index (χ2v) is 8.59. The minimum Gasteiger partial charge on any atom is -0.370 e. The summed E-state index contributed by atoms with van der Waals surface area (Å²) in [7, 11) is -3.31. The quantitative estimate of drug-likeness (QED) is 0.563. The number of nitrogens with one attached hydrogen (secondary N) is 1. The molecule has 0 bridgehead atoms. The molecular weight excluding hydrogens is 362 g/mol. The second kappa shape index (κ2) is 8.73. The summed E-state index contributed by atoms with van der Waals surface area (Å²) in [4.78, 5) is 8.46. The van der Waals surface area contributed by atoms with Crippen molar-refractivity contribution in [2.75, 3.05) is 43.4 Å².